The Bertz CT molecular complexity index is 555. The highest BCUT2D eigenvalue weighted by Gasteiger charge is 2.28. The molecule has 0 radical (unpaired) electrons. The number of rotatable bonds is 5. The molecular formula is C13H17N3O5. The molecule has 114 valence electrons. The van der Waals surface area contributed by atoms with Gasteiger partial charge in [-0.05, 0) is 24.3 Å². The van der Waals surface area contributed by atoms with Crippen molar-refractivity contribution in [2.75, 3.05) is 25.1 Å². The molecule has 1 heterocycles. The van der Waals surface area contributed by atoms with E-state index in [1.165, 1.54) is 12.1 Å². The molecule has 2 rings (SSSR count). The number of benzene rings is 1. The summed E-state index contributed by atoms with van der Waals surface area (Å²) in [5.41, 5.74) is -0.254. The first-order chi connectivity index (χ1) is 9.91. The summed E-state index contributed by atoms with van der Waals surface area (Å²) in [7, 11) is 0. The summed E-state index contributed by atoms with van der Waals surface area (Å²) < 4.78 is 5.31. The van der Waals surface area contributed by atoms with Gasteiger partial charge in [0.25, 0.3) is 11.4 Å². The van der Waals surface area contributed by atoms with Crippen molar-refractivity contribution in [3.05, 3.63) is 38.4 Å². The van der Waals surface area contributed by atoms with E-state index >= 15 is 0 Å². The van der Waals surface area contributed by atoms with Crippen LogP contribution in [0.4, 0.5) is 17.1 Å². The van der Waals surface area contributed by atoms with Gasteiger partial charge in [0, 0.05) is 25.8 Å². The minimum absolute atomic E-state index is 0.00783. The molecule has 1 aliphatic rings. The third-order valence-electron chi connectivity index (χ3n) is 3.79. The van der Waals surface area contributed by atoms with Crippen molar-refractivity contribution in [3.8, 4) is 0 Å². The van der Waals surface area contributed by atoms with Gasteiger partial charge in [-0.3, -0.25) is 20.2 Å². The van der Waals surface area contributed by atoms with E-state index in [0.717, 1.165) is 18.9 Å². The van der Waals surface area contributed by atoms with Gasteiger partial charge in [-0.15, -0.1) is 0 Å². The number of hydrogen-bond donors (Lipinski definition) is 1. The van der Waals surface area contributed by atoms with Crippen molar-refractivity contribution in [1.29, 1.82) is 0 Å². The Labute approximate surface area is 121 Å². The molecule has 8 nitrogen and oxygen atoms in total. The van der Waals surface area contributed by atoms with Gasteiger partial charge in [0.1, 0.15) is 5.69 Å². The standard InChI is InChI=1S/C13H17N3O5/c1-13(4-6-21-7-5-13)9-14-11-3-2-10(15(17)18)8-12(11)16(19)20/h2-3,8,14H,4-7,9H2,1H3. The fraction of sp³-hybridized carbons (Fsp3) is 0.538. The predicted octanol–water partition coefficient (Wildman–Crippen LogP) is 2.73. The largest absolute Gasteiger partial charge is 0.381 e. The fourth-order valence-corrected chi connectivity index (χ4v) is 2.28. The lowest BCUT2D eigenvalue weighted by molar-refractivity contribution is -0.393. The maximum Gasteiger partial charge on any atom is 0.299 e. The lowest BCUT2D eigenvalue weighted by Crippen LogP contribution is -2.33. The molecule has 1 N–H and O–H groups in total. The zero-order valence-corrected chi connectivity index (χ0v) is 11.7. The van der Waals surface area contributed by atoms with E-state index in [0.29, 0.717) is 25.4 Å². The lowest BCUT2D eigenvalue weighted by Gasteiger charge is -2.33. The van der Waals surface area contributed by atoms with Crippen LogP contribution in [0.25, 0.3) is 0 Å². The first kappa shape index (κ1) is 15.2. The molecular weight excluding hydrogens is 278 g/mol. The predicted molar refractivity (Wildman–Crippen MR) is 76.4 cm³/mol. The second-order valence-electron chi connectivity index (χ2n) is 5.49. The molecule has 0 saturated carbocycles. The highest BCUT2D eigenvalue weighted by Crippen LogP contribution is 2.33. The molecule has 0 unspecified atom stereocenters. The molecule has 1 aliphatic heterocycles. The first-order valence-electron chi connectivity index (χ1n) is 6.66. The van der Waals surface area contributed by atoms with Gasteiger partial charge in [0.05, 0.1) is 15.9 Å². The summed E-state index contributed by atoms with van der Waals surface area (Å²) in [5, 5.41) is 24.8. The van der Waals surface area contributed by atoms with Crippen LogP contribution in [0, 0.1) is 25.6 Å². The molecule has 0 amide bonds. The number of nitrogens with one attached hydrogen (secondary N) is 1. The highest BCUT2D eigenvalue weighted by atomic mass is 16.6. The summed E-state index contributed by atoms with van der Waals surface area (Å²) in [6, 6.07) is 3.63. The van der Waals surface area contributed by atoms with Crippen LogP contribution in [0.15, 0.2) is 18.2 Å². The van der Waals surface area contributed by atoms with Crippen molar-refractivity contribution in [1.82, 2.24) is 0 Å². The Morgan fingerprint density at radius 2 is 1.90 bits per heavy atom. The quantitative estimate of drug-likeness (QED) is 0.661. The molecule has 1 aromatic rings. The van der Waals surface area contributed by atoms with Crippen LogP contribution < -0.4 is 5.32 Å². The van der Waals surface area contributed by atoms with E-state index in [1.54, 1.807) is 0 Å². The maximum absolute atomic E-state index is 11.1. The zero-order valence-electron chi connectivity index (χ0n) is 11.7. The third-order valence-corrected chi connectivity index (χ3v) is 3.79. The molecule has 1 fully saturated rings. The van der Waals surface area contributed by atoms with Crippen LogP contribution in [0.3, 0.4) is 0 Å². The number of nitrogens with zero attached hydrogens (tertiary/aromatic N) is 2. The third kappa shape index (κ3) is 3.66. The second kappa shape index (κ2) is 6.04. The van der Waals surface area contributed by atoms with E-state index in [2.05, 4.69) is 12.2 Å². The van der Waals surface area contributed by atoms with Gasteiger partial charge in [-0.2, -0.15) is 0 Å². The molecule has 0 atom stereocenters. The first-order valence-corrected chi connectivity index (χ1v) is 6.66. The van der Waals surface area contributed by atoms with E-state index in [1.807, 2.05) is 0 Å². The molecule has 1 aromatic carbocycles. The van der Waals surface area contributed by atoms with Gasteiger partial charge >= 0.3 is 0 Å². The van der Waals surface area contributed by atoms with Crippen LogP contribution in [-0.4, -0.2) is 29.6 Å². The van der Waals surface area contributed by atoms with Crippen LogP contribution in [0.2, 0.25) is 0 Å². The highest BCUT2D eigenvalue weighted by molar-refractivity contribution is 5.65. The van der Waals surface area contributed by atoms with E-state index in [-0.39, 0.29) is 16.8 Å². The van der Waals surface area contributed by atoms with E-state index < -0.39 is 9.85 Å². The van der Waals surface area contributed by atoms with E-state index in [4.69, 9.17) is 4.74 Å². The molecule has 0 bridgehead atoms. The SMILES string of the molecule is CC1(CNc2ccc([N+](=O)[O-])cc2[N+](=O)[O-])CCOCC1. The smallest absolute Gasteiger partial charge is 0.299 e. The Morgan fingerprint density at radius 3 is 2.48 bits per heavy atom. The summed E-state index contributed by atoms with van der Waals surface area (Å²) in [6.07, 6.45) is 1.75. The van der Waals surface area contributed by atoms with Crippen molar-refractivity contribution in [3.63, 3.8) is 0 Å². The van der Waals surface area contributed by atoms with Gasteiger partial charge < -0.3 is 10.1 Å². The van der Waals surface area contributed by atoms with Crippen molar-refractivity contribution in [2.24, 2.45) is 5.41 Å². The fourth-order valence-electron chi connectivity index (χ4n) is 2.28. The minimum atomic E-state index is -0.642. The van der Waals surface area contributed by atoms with Gasteiger partial charge in [-0.25, -0.2) is 0 Å². The second-order valence-corrected chi connectivity index (χ2v) is 5.49. The zero-order chi connectivity index (χ0) is 15.5. The maximum atomic E-state index is 11.1. The number of hydrogen-bond acceptors (Lipinski definition) is 6. The number of anilines is 1. The van der Waals surface area contributed by atoms with Crippen LogP contribution >= 0.6 is 0 Å². The number of nitro groups is 2. The van der Waals surface area contributed by atoms with Crippen molar-refractivity contribution in [2.45, 2.75) is 19.8 Å². The average molecular weight is 295 g/mol. The van der Waals surface area contributed by atoms with Crippen LogP contribution in [0.1, 0.15) is 19.8 Å². The summed E-state index contributed by atoms with van der Waals surface area (Å²) in [6.45, 7) is 4.02. The Balaban J connectivity index is 2.15. The van der Waals surface area contributed by atoms with Crippen LogP contribution in [-0.2, 0) is 4.74 Å². The topological polar surface area (TPSA) is 108 Å². The Kier molecular flexibility index (Phi) is 4.37. The van der Waals surface area contributed by atoms with Gasteiger partial charge in [0.2, 0.25) is 0 Å². The molecule has 0 spiro atoms. The molecule has 21 heavy (non-hydrogen) atoms. The summed E-state index contributed by atoms with van der Waals surface area (Å²) in [4.78, 5) is 20.5. The number of non-ortho nitro benzene ring substituents is 1. The van der Waals surface area contributed by atoms with Crippen molar-refractivity contribution >= 4 is 17.1 Å². The average Bonchev–Trinajstić information content (AvgIpc) is 2.45. The van der Waals surface area contributed by atoms with Crippen LogP contribution in [0.5, 0.6) is 0 Å². The number of nitro benzene ring substituents is 2. The normalized spacial score (nSPS) is 17.2. The molecule has 8 heteroatoms. The Hall–Kier alpha value is -2.22. The monoisotopic (exact) mass is 295 g/mol. The van der Waals surface area contributed by atoms with Gasteiger partial charge in [0.15, 0.2) is 0 Å². The summed E-state index contributed by atoms with van der Waals surface area (Å²) >= 11 is 0. The Morgan fingerprint density at radius 1 is 1.24 bits per heavy atom. The van der Waals surface area contributed by atoms with Crippen molar-refractivity contribution < 1.29 is 14.6 Å². The molecule has 0 aromatic heterocycles. The molecule has 1 saturated heterocycles. The number of ether oxygens (including phenoxy) is 1. The van der Waals surface area contributed by atoms with Gasteiger partial charge in [-0.1, -0.05) is 6.92 Å². The van der Waals surface area contributed by atoms with E-state index in [9.17, 15) is 20.2 Å². The minimum Gasteiger partial charge on any atom is -0.381 e. The lowest BCUT2D eigenvalue weighted by atomic mass is 9.82. The summed E-state index contributed by atoms with van der Waals surface area (Å²) in [5.74, 6) is 0. The molecule has 0 aliphatic carbocycles.